The summed E-state index contributed by atoms with van der Waals surface area (Å²) in [6.45, 7) is 0.383. The zero-order valence-electron chi connectivity index (χ0n) is 11.5. The molecule has 3 rings (SSSR count). The van der Waals surface area contributed by atoms with Gasteiger partial charge in [0.05, 0.1) is 17.2 Å². The molecular weight excluding hydrogens is 284 g/mol. The van der Waals surface area contributed by atoms with Crippen molar-refractivity contribution in [2.75, 3.05) is 11.6 Å². The Morgan fingerprint density at radius 1 is 1.05 bits per heavy atom. The summed E-state index contributed by atoms with van der Waals surface area (Å²) in [5.74, 6) is -0.469. The van der Waals surface area contributed by atoms with Crippen molar-refractivity contribution in [3.05, 3.63) is 76.4 Å². The third-order valence-corrected chi connectivity index (χ3v) is 3.30. The van der Waals surface area contributed by atoms with Crippen LogP contribution in [0.5, 0.6) is 0 Å². The van der Waals surface area contributed by atoms with Gasteiger partial charge in [-0.15, -0.1) is 0 Å². The average molecular weight is 296 g/mol. The van der Waals surface area contributed by atoms with Crippen molar-refractivity contribution < 1.29 is 14.6 Å². The summed E-state index contributed by atoms with van der Waals surface area (Å²) in [5, 5.41) is 12.1. The number of hydrogen-bond donors (Lipinski definition) is 0. The Morgan fingerprint density at radius 2 is 1.73 bits per heavy atom. The molecule has 0 saturated heterocycles. The molecule has 6 heteroatoms. The lowest BCUT2D eigenvalue weighted by Crippen LogP contribution is -2.32. The molecule has 0 unspecified atom stereocenters. The van der Waals surface area contributed by atoms with Crippen LogP contribution >= 0.6 is 0 Å². The second kappa shape index (κ2) is 5.69. The minimum absolute atomic E-state index is 0.00842. The van der Waals surface area contributed by atoms with Crippen LogP contribution in [0.4, 0.5) is 11.4 Å². The van der Waals surface area contributed by atoms with Crippen LogP contribution in [0.15, 0.2) is 60.7 Å². The van der Waals surface area contributed by atoms with Crippen LogP contribution in [-0.4, -0.2) is 17.4 Å². The topological polar surface area (TPSA) is 72.7 Å². The first-order valence-electron chi connectivity index (χ1n) is 6.63. The van der Waals surface area contributed by atoms with Gasteiger partial charge in [0.1, 0.15) is 0 Å². The van der Waals surface area contributed by atoms with Crippen LogP contribution < -0.4 is 5.06 Å². The first-order valence-corrected chi connectivity index (χ1v) is 6.63. The largest absolute Gasteiger partial charge is 0.356 e. The Hall–Kier alpha value is -3.15. The number of carbonyl (C=O) groups excluding carboxylic acids is 1. The number of nitro groups is 1. The van der Waals surface area contributed by atoms with Crippen molar-refractivity contribution in [2.45, 2.75) is 0 Å². The molecule has 0 spiro atoms. The van der Waals surface area contributed by atoms with Crippen molar-refractivity contribution in [1.82, 2.24) is 0 Å². The van der Waals surface area contributed by atoms with E-state index in [9.17, 15) is 14.9 Å². The smallest absolute Gasteiger partial charge is 0.336 e. The predicted octanol–water partition coefficient (Wildman–Crippen LogP) is 2.96. The highest BCUT2D eigenvalue weighted by molar-refractivity contribution is 5.94. The molecule has 1 heterocycles. The normalized spacial score (nSPS) is 14.3. The molecule has 0 radical (unpaired) electrons. The van der Waals surface area contributed by atoms with E-state index in [4.69, 9.17) is 4.84 Å². The number of benzene rings is 2. The third-order valence-electron chi connectivity index (χ3n) is 3.30. The molecule has 2 aromatic rings. The highest BCUT2D eigenvalue weighted by atomic mass is 16.7. The van der Waals surface area contributed by atoms with Crippen LogP contribution in [-0.2, 0) is 9.63 Å². The summed E-state index contributed by atoms with van der Waals surface area (Å²) in [5.41, 5.74) is 2.34. The number of carbonyl (C=O) groups is 1. The molecule has 22 heavy (non-hydrogen) atoms. The molecule has 6 nitrogen and oxygen atoms in total. The summed E-state index contributed by atoms with van der Waals surface area (Å²) < 4.78 is 0. The molecule has 0 amide bonds. The Labute approximate surface area is 126 Å². The molecule has 1 aliphatic rings. The first-order chi connectivity index (χ1) is 10.6. The van der Waals surface area contributed by atoms with E-state index in [1.165, 1.54) is 23.3 Å². The molecule has 0 atom stereocenters. The van der Waals surface area contributed by atoms with Crippen molar-refractivity contribution in [2.24, 2.45) is 0 Å². The van der Waals surface area contributed by atoms with Gasteiger partial charge in [-0.25, -0.2) is 9.86 Å². The fourth-order valence-electron chi connectivity index (χ4n) is 2.22. The molecular formula is C16H12N2O4. The van der Waals surface area contributed by atoms with E-state index in [0.29, 0.717) is 12.2 Å². The van der Waals surface area contributed by atoms with Gasteiger partial charge in [0, 0.05) is 18.2 Å². The summed E-state index contributed by atoms with van der Waals surface area (Å²) in [7, 11) is 0. The second-order valence-corrected chi connectivity index (χ2v) is 4.76. The Kier molecular flexibility index (Phi) is 3.57. The van der Waals surface area contributed by atoms with E-state index < -0.39 is 10.9 Å². The highest BCUT2D eigenvalue weighted by Gasteiger charge is 2.21. The van der Waals surface area contributed by atoms with Crippen LogP contribution in [0.3, 0.4) is 0 Å². The van der Waals surface area contributed by atoms with Crippen LogP contribution in [0, 0.1) is 10.1 Å². The summed E-state index contributed by atoms with van der Waals surface area (Å²) in [6, 6.07) is 15.4. The number of rotatable bonds is 3. The zero-order valence-corrected chi connectivity index (χ0v) is 11.5. The number of nitrogens with zero attached hydrogens (tertiary/aromatic N) is 2. The quantitative estimate of drug-likeness (QED) is 0.643. The van der Waals surface area contributed by atoms with E-state index in [0.717, 1.165) is 11.1 Å². The number of non-ortho nitro benzene ring substituents is 1. The Bertz CT molecular complexity index is 739. The van der Waals surface area contributed by atoms with Crippen molar-refractivity contribution >= 4 is 22.9 Å². The molecule has 110 valence electrons. The van der Waals surface area contributed by atoms with Gasteiger partial charge in [0.2, 0.25) is 0 Å². The summed E-state index contributed by atoms with van der Waals surface area (Å²) in [4.78, 5) is 27.1. The van der Waals surface area contributed by atoms with Gasteiger partial charge in [0.25, 0.3) is 5.69 Å². The Morgan fingerprint density at radius 3 is 2.36 bits per heavy atom. The van der Waals surface area contributed by atoms with Crippen molar-refractivity contribution in [3.63, 3.8) is 0 Å². The third kappa shape index (κ3) is 2.80. The monoisotopic (exact) mass is 296 g/mol. The number of anilines is 1. The number of nitro benzene ring substituents is 1. The van der Waals surface area contributed by atoms with Crippen LogP contribution in [0.2, 0.25) is 0 Å². The van der Waals surface area contributed by atoms with E-state index in [1.54, 1.807) is 12.1 Å². The zero-order chi connectivity index (χ0) is 15.5. The molecule has 0 aromatic heterocycles. The van der Waals surface area contributed by atoms with Crippen LogP contribution in [0.25, 0.3) is 5.57 Å². The molecule has 0 bridgehead atoms. The number of hydrogen-bond acceptors (Lipinski definition) is 5. The Balaban J connectivity index is 1.86. The van der Waals surface area contributed by atoms with Gasteiger partial charge >= 0.3 is 5.97 Å². The maximum absolute atomic E-state index is 11.8. The predicted molar refractivity (Wildman–Crippen MR) is 81.0 cm³/mol. The summed E-state index contributed by atoms with van der Waals surface area (Å²) >= 11 is 0. The van der Waals surface area contributed by atoms with Gasteiger partial charge in [-0.1, -0.05) is 30.3 Å². The lowest BCUT2D eigenvalue weighted by Gasteiger charge is -2.27. The minimum Gasteiger partial charge on any atom is -0.336 e. The van der Waals surface area contributed by atoms with E-state index in [-0.39, 0.29) is 5.69 Å². The van der Waals surface area contributed by atoms with Gasteiger partial charge in [0.15, 0.2) is 0 Å². The maximum Gasteiger partial charge on any atom is 0.356 e. The van der Waals surface area contributed by atoms with Crippen molar-refractivity contribution in [1.29, 1.82) is 0 Å². The maximum atomic E-state index is 11.8. The molecule has 0 aliphatic carbocycles. The fraction of sp³-hybridized carbons (Fsp3) is 0.0625. The van der Waals surface area contributed by atoms with Gasteiger partial charge in [-0.2, -0.15) is 0 Å². The standard InChI is InChI=1S/C16H12N2O4/c19-16-10-13(12-4-2-1-3-5-12)11-17(22-16)14-6-8-15(9-7-14)18(20)21/h1-10H,11H2. The summed E-state index contributed by atoms with van der Waals surface area (Å²) in [6.07, 6.45) is 1.46. The average Bonchev–Trinajstić information content (AvgIpc) is 2.55. The lowest BCUT2D eigenvalue weighted by atomic mass is 10.0. The molecule has 0 saturated carbocycles. The van der Waals surface area contributed by atoms with Gasteiger partial charge in [-0.3, -0.25) is 10.1 Å². The SMILES string of the molecule is O=C1C=C(c2ccccc2)CN(c2ccc([N+](=O)[O-])cc2)O1. The minimum atomic E-state index is -0.471. The molecule has 1 aliphatic heterocycles. The van der Waals surface area contributed by atoms with E-state index in [1.807, 2.05) is 30.3 Å². The van der Waals surface area contributed by atoms with E-state index >= 15 is 0 Å². The highest BCUT2D eigenvalue weighted by Crippen LogP contribution is 2.26. The molecule has 0 fully saturated rings. The van der Waals surface area contributed by atoms with Crippen LogP contribution in [0.1, 0.15) is 5.56 Å². The van der Waals surface area contributed by atoms with Gasteiger partial charge < -0.3 is 4.84 Å². The fourth-order valence-corrected chi connectivity index (χ4v) is 2.22. The second-order valence-electron chi connectivity index (χ2n) is 4.76. The molecule has 0 N–H and O–H groups in total. The molecule has 2 aromatic carbocycles. The van der Waals surface area contributed by atoms with Crippen molar-refractivity contribution in [3.8, 4) is 0 Å². The lowest BCUT2D eigenvalue weighted by molar-refractivity contribution is -0.384. The first kappa shape index (κ1) is 13.8. The number of hydroxylamine groups is 1. The van der Waals surface area contributed by atoms with Gasteiger partial charge in [-0.05, 0) is 23.3 Å². The van der Waals surface area contributed by atoms with E-state index in [2.05, 4.69) is 0 Å².